The Morgan fingerprint density at radius 1 is 1.44 bits per heavy atom. The summed E-state index contributed by atoms with van der Waals surface area (Å²) in [5.74, 6) is -0.440. The minimum atomic E-state index is -0.924. The summed E-state index contributed by atoms with van der Waals surface area (Å²) in [4.78, 5) is 19.7. The molecule has 1 rings (SSSR count). The molecule has 80 valence electrons. The molecule has 0 unspecified atom stereocenters. The molecule has 16 heavy (non-hydrogen) atoms. The number of thiol groups is 2. The van der Waals surface area contributed by atoms with E-state index in [2.05, 4.69) is 35.2 Å². The number of nitrogens with zero attached hydrogens (tertiary/aromatic N) is 3. The second-order valence-electron chi connectivity index (χ2n) is 2.63. The van der Waals surface area contributed by atoms with Crippen molar-refractivity contribution in [1.82, 2.24) is 9.97 Å². The van der Waals surface area contributed by atoms with Crippen molar-refractivity contribution in [1.29, 1.82) is 0 Å². The molecule has 0 aromatic carbocycles. The van der Waals surface area contributed by atoms with Gasteiger partial charge in [0.2, 0.25) is 0 Å². The number of aromatic nitrogens is 2. The Morgan fingerprint density at radius 3 is 2.44 bits per heavy atom. The van der Waals surface area contributed by atoms with Crippen LogP contribution in [0.25, 0.3) is 0 Å². The molecule has 0 amide bonds. The minimum absolute atomic E-state index is 0. The summed E-state index contributed by atoms with van der Waals surface area (Å²) >= 11 is 8.00. The van der Waals surface area contributed by atoms with Gasteiger partial charge < -0.3 is 10.0 Å². The van der Waals surface area contributed by atoms with Crippen LogP contribution in [-0.4, -0.2) is 93.8 Å². The standard InChI is InChI=1S/C7H9N3O2S2.2Na.2H/c1-10(3-6(11)12)4-2-5(13)9-7(14)8-4;;;;/h2H,3H2,1H3,(H,11,12)(H2,8,9,13,14);;;;. The van der Waals surface area contributed by atoms with Crippen LogP contribution < -0.4 is 4.90 Å². The molecular weight excluding hydrogens is 268 g/mol. The maximum atomic E-state index is 10.4. The van der Waals surface area contributed by atoms with Crippen molar-refractivity contribution in [3.05, 3.63) is 6.07 Å². The van der Waals surface area contributed by atoms with Crippen LogP contribution in [0.3, 0.4) is 0 Å². The fourth-order valence-corrected chi connectivity index (χ4v) is 1.39. The van der Waals surface area contributed by atoms with E-state index in [-0.39, 0.29) is 70.8 Å². The summed E-state index contributed by atoms with van der Waals surface area (Å²) in [7, 11) is 1.62. The van der Waals surface area contributed by atoms with Gasteiger partial charge in [0.25, 0.3) is 0 Å². The van der Waals surface area contributed by atoms with Gasteiger partial charge in [0, 0.05) is 13.1 Å². The molecule has 0 aliphatic carbocycles. The first-order chi connectivity index (χ1) is 6.49. The third kappa shape index (κ3) is 6.70. The van der Waals surface area contributed by atoms with Gasteiger partial charge in [-0.15, -0.1) is 25.3 Å². The summed E-state index contributed by atoms with van der Waals surface area (Å²) < 4.78 is 0. The SMILES string of the molecule is CN(CC(=O)O)c1cc(S)nc(S)n1.[NaH].[NaH]. The molecule has 5 nitrogen and oxygen atoms in total. The molecule has 0 aliphatic rings. The fourth-order valence-electron chi connectivity index (χ4n) is 0.889. The second-order valence-corrected chi connectivity index (χ2v) is 3.49. The van der Waals surface area contributed by atoms with Crippen LogP contribution in [0.4, 0.5) is 5.82 Å². The van der Waals surface area contributed by atoms with E-state index < -0.39 is 5.97 Å². The van der Waals surface area contributed by atoms with Crippen molar-refractivity contribution in [2.75, 3.05) is 18.5 Å². The zero-order chi connectivity index (χ0) is 10.7. The third-order valence-electron chi connectivity index (χ3n) is 1.45. The normalized spacial score (nSPS) is 8.69. The van der Waals surface area contributed by atoms with E-state index in [1.54, 1.807) is 13.1 Å². The average Bonchev–Trinajstić information content (AvgIpc) is 2.00. The molecule has 0 saturated heterocycles. The summed E-state index contributed by atoms with van der Waals surface area (Å²) in [6, 6.07) is 1.58. The molecule has 1 aromatic heterocycles. The Kier molecular flexibility index (Phi) is 11.0. The van der Waals surface area contributed by atoms with Gasteiger partial charge >= 0.3 is 65.1 Å². The summed E-state index contributed by atoms with van der Waals surface area (Å²) in [6.45, 7) is -0.128. The van der Waals surface area contributed by atoms with Crippen LogP contribution in [0.1, 0.15) is 0 Å². The first-order valence-corrected chi connectivity index (χ1v) is 4.58. The van der Waals surface area contributed by atoms with Crippen LogP contribution in [0.5, 0.6) is 0 Å². The molecule has 0 fully saturated rings. The Balaban J connectivity index is 0. The van der Waals surface area contributed by atoms with Gasteiger partial charge in [0.15, 0.2) is 5.16 Å². The van der Waals surface area contributed by atoms with Crippen molar-refractivity contribution < 1.29 is 9.90 Å². The van der Waals surface area contributed by atoms with Gasteiger partial charge in [-0.2, -0.15) is 0 Å². The Bertz CT molecular complexity index is 347. The van der Waals surface area contributed by atoms with Crippen LogP contribution in [-0.2, 0) is 4.79 Å². The molecule has 1 N–H and O–H groups in total. The first kappa shape index (κ1) is 19.4. The summed E-state index contributed by atoms with van der Waals surface area (Å²) in [5, 5.41) is 9.28. The molecule has 0 aliphatic heterocycles. The van der Waals surface area contributed by atoms with Crippen molar-refractivity contribution in [3.63, 3.8) is 0 Å². The van der Waals surface area contributed by atoms with Crippen molar-refractivity contribution in [3.8, 4) is 0 Å². The van der Waals surface area contributed by atoms with E-state index in [9.17, 15) is 4.79 Å². The number of aliphatic carboxylic acids is 1. The molecule has 0 atom stereocenters. The van der Waals surface area contributed by atoms with Gasteiger partial charge in [0.05, 0.1) is 5.03 Å². The Hall–Kier alpha value is 1.05. The predicted molar refractivity (Wildman–Crippen MR) is 71.7 cm³/mol. The van der Waals surface area contributed by atoms with Crippen LogP contribution in [0.2, 0.25) is 0 Å². The zero-order valence-electron chi connectivity index (χ0n) is 7.38. The quantitative estimate of drug-likeness (QED) is 0.295. The van der Waals surface area contributed by atoms with Gasteiger partial charge in [0.1, 0.15) is 12.4 Å². The molecular formula is C7H11N3Na2O2S2. The molecule has 0 bridgehead atoms. The van der Waals surface area contributed by atoms with E-state index in [0.717, 1.165) is 0 Å². The third-order valence-corrected chi connectivity index (χ3v) is 1.88. The number of carboxylic acids is 1. The molecule has 0 spiro atoms. The molecule has 1 heterocycles. The maximum absolute atomic E-state index is 10.4. The van der Waals surface area contributed by atoms with E-state index in [1.807, 2.05) is 0 Å². The number of likely N-dealkylation sites (N-methyl/N-ethyl adjacent to an activating group) is 1. The molecule has 0 saturated carbocycles. The fraction of sp³-hybridized carbons (Fsp3) is 0.286. The Labute approximate surface area is 149 Å². The van der Waals surface area contributed by atoms with Gasteiger partial charge in [-0.3, -0.25) is 4.79 Å². The number of rotatable bonds is 3. The number of hydrogen-bond acceptors (Lipinski definition) is 6. The Morgan fingerprint density at radius 2 is 2.00 bits per heavy atom. The monoisotopic (exact) mass is 279 g/mol. The molecule has 9 heteroatoms. The van der Waals surface area contributed by atoms with E-state index in [0.29, 0.717) is 10.8 Å². The van der Waals surface area contributed by atoms with E-state index in [1.165, 1.54) is 4.90 Å². The van der Waals surface area contributed by atoms with Crippen LogP contribution >= 0.6 is 25.3 Å². The summed E-state index contributed by atoms with van der Waals surface area (Å²) in [5.41, 5.74) is 0. The number of carboxylic acid groups (broad SMARTS) is 1. The first-order valence-electron chi connectivity index (χ1n) is 3.69. The van der Waals surface area contributed by atoms with Crippen molar-refractivity contribution in [2.24, 2.45) is 0 Å². The molecule has 1 aromatic rings. The second kappa shape index (κ2) is 9.04. The summed E-state index contributed by atoms with van der Waals surface area (Å²) in [6.07, 6.45) is 0. The van der Waals surface area contributed by atoms with Crippen molar-refractivity contribution in [2.45, 2.75) is 10.2 Å². The van der Waals surface area contributed by atoms with Crippen LogP contribution in [0.15, 0.2) is 16.2 Å². The van der Waals surface area contributed by atoms with Gasteiger partial charge in [-0.1, -0.05) is 0 Å². The van der Waals surface area contributed by atoms with Gasteiger partial charge in [-0.25, -0.2) is 9.97 Å². The van der Waals surface area contributed by atoms with E-state index >= 15 is 0 Å². The number of hydrogen-bond donors (Lipinski definition) is 3. The van der Waals surface area contributed by atoms with Gasteiger partial charge in [-0.05, 0) is 0 Å². The zero-order valence-corrected chi connectivity index (χ0v) is 9.16. The van der Waals surface area contributed by atoms with Crippen LogP contribution in [0, 0.1) is 0 Å². The number of carbonyl (C=O) groups is 1. The van der Waals surface area contributed by atoms with Crippen molar-refractivity contribution >= 4 is 96.2 Å². The average molecular weight is 279 g/mol. The van der Waals surface area contributed by atoms with E-state index in [4.69, 9.17) is 5.11 Å². The molecule has 0 radical (unpaired) electrons. The predicted octanol–water partition coefficient (Wildman–Crippen LogP) is -0.722. The topological polar surface area (TPSA) is 66.3 Å². The number of anilines is 1.